The molecule has 0 bridgehead atoms. The molecule has 29 heavy (non-hydrogen) atoms. The lowest BCUT2D eigenvalue weighted by Gasteiger charge is -2.25. The summed E-state index contributed by atoms with van der Waals surface area (Å²) in [5.41, 5.74) is 2.24. The van der Waals surface area contributed by atoms with Gasteiger partial charge in [0.25, 0.3) is 0 Å². The second-order valence-electron chi connectivity index (χ2n) is 7.33. The van der Waals surface area contributed by atoms with Crippen LogP contribution in [-0.2, 0) is 22.7 Å². The zero-order valence-corrected chi connectivity index (χ0v) is 18.3. The van der Waals surface area contributed by atoms with Gasteiger partial charge in [0, 0.05) is 46.2 Å². The lowest BCUT2D eigenvalue weighted by Crippen LogP contribution is -2.45. The Morgan fingerprint density at radius 3 is 2.34 bits per heavy atom. The van der Waals surface area contributed by atoms with E-state index < -0.39 is 0 Å². The molecule has 0 atom stereocenters. The van der Waals surface area contributed by atoms with Gasteiger partial charge in [-0.05, 0) is 38.3 Å². The Morgan fingerprint density at radius 1 is 1.14 bits per heavy atom. The van der Waals surface area contributed by atoms with Gasteiger partial charge in [-0.3, -0.25) is 9.59 Å². The van der Waals surface area contributed by atoms with Gasteiger partial charge >= 0.3 is 0 Å². The van der Waals surface area contributed by atoms with Crippen molar-refractivity contribution in [3.63, 3.8) is 0 Å². The Hall–Kier alpha value is -2.57. The number of nitrogens with one attached hydrogen (secondary N) is 1. The molecular weight excluding hydrogens is 366 g/mol. The number of aliphatic imine (C=N–C) groups is 1. The second-order valence-corrected chi connectivity index (χ2v) is 7.33. The first-order chi connectivity index (χ1) is 14.0. The minimum atomic E-state index is 0.101. The van der Waals surface area contributed by atoms with Crippen molar-refractivity contribution in [2.45, 2.75) is 46.7 Å². The number of carbonyl (C=O) groups is 2. The number of likely N-dealkylation sites (N-methyl/N-ethyl adjacent to an activating group) is 2. The van der Waals surface area contributed by atoms with E-state index >= 15 is 0 Å². The van der Waals surface area contributed by atoms with Gasteiger partial charge in [0.1, 0.15) is 0 Å². The van der Waals surface area contributed by atoms with Crippen LogP contribution >= 0.6 is 0 Å². The molecule has 1 aliphatic heterocycles. The van der Waals surface area contributed by atoms with Crippen LogP contribution in [0.3, 0.4) is 0 Å². The molecule has 1 saturated heterocycles. The standard InChI is InChI=1S/C22H35N5O2/c1-5-23-22(25(4)17-21(29)26(6-2)7-3)24-15-18-10-12-19(13-11-18)16-27-14-8-9-20(27)28/h10-13H,5-9,14-17H2,1-4H3,(H,23,24). The van der Waals surface area contributed by atoms with E-state index in [0.29, 0.717) is 39.1 Å². The van der Waals surface area contributed by atoms with Crippen molar-refractivity contribution >= 4 is 17.8 Å². The molecule has 7 heteroatoms. The summed E-state index contributed by atoms with van der Waals surface area (Å²) < 4.78 is 0. The fourth-order valence-corrected chi connectivity index (χ4v) is 3.43. The molecule has 0 saturated carbocycles. The van der Waals surface area contributed by atoms with Crippen LogP contribution in [0.1, 0.15) is 44.7 Å². The lowest BCUT2D eigenvalue weighted by atomic mass is 10.1. The number of likely N-dealkylation sites (tertiary alicyclic amines) is 1. The van der Waals surface area contributed by atoms with Crippen LogP contribution in [0.15, 0.2) is 29.3 Å². The molecule has 1 aliphatic rings. The smallest absolute Gasteiger partial charge is 0.242 e. The van der Waals surface area contributed by atoms with E-state index in [9.17, 15) is 9.59 Å². The topological polar surface area (TPSA) is 68.2 Å². The summed E-state index contributed by atoms with van der Waals surface area (Å²) >= 11 is 0. The van der Waals surface area contributed by atoms with Crippen molar-refractivity contribution in [2.24, 2.45) is 4.99 Å². The van der Waals surface area contributed by atoms with Crippen LogP contribution in [0.4, 0.5) is 0 Å². The van der Waals surface area contributed by atoms with Gasteiger partial charge in [-0.15, -0.1) is 0 Å². The van der Waals surface area contributed by atoms with Crippen molar-refractivity contribution in [2.75, 3.05) is 39.8 Å². The second kappa shape index (κ2) is 11.4. The summed E-state index contributed by atoms with van der Waals surface area (Å²) in [6, 6.07) is 8.25. The maximum Gasteiger partial charge on any atom is 0.242 e. The molecule has 0 aromatic heterocycles. The Morgan fingerprint density at radius 2 is 1.79 bits per heavy atom. The maximum atomic E-state index is 12.4. The summed E-state index contributed by atoms with van der Waals surface area (Å²) in [7, 11) is 1.89. The molecule has 0 spiro atoms. The van der Waals surface area contributed by atoms with E-state index in [0.717, 1.165) is 36.6 Å². The molecule has 1 aromatic carbocycles. The van der Waals surface area contributed by atoms with Crippen LogP contribution < -0.4 is 5.32 Å². The minimum absolute atomic E-state index is 0.101. The molecule has 0 unspecified atom stereocenters. The van der Waals surface area contributed by atoms with E-state index in [1.165, 1.54) is 0 Å². The fourth-order valence-electron chi connectivity index (χ4n) is 3.43. The van der Waals surface area contributed by atoms with Gasteiger partial charge in [-0.25, -0.2) is 4.99 Å². The number of benzene rings is 1. The zero-order valence-electron chi connectivity index (χ0n) is 18.3. The van der Waals surface area contributed by atoms with Crippen molar-refractivity contribution < 1.29 is 9.59 Å². The summed E-state index contributed by atoms with van der Waals surface area (Å²) in [6.45, 7) is 10.5. The number of nitrogens with zero attached hydrogens (tertiary/aromatic N) is 4. The van der Waals surface area contributed by atoms with Gasteiger partial charge < -0.3 is 20.0 Å². The summed E-state index contributed by atoms with van der Waals surface area (Å²) in [4.78, 5) is 34.4. The molecule has 1 N–H and O–H groups in total. The molecule has 0 aliphatic carbocycles. The van der Waals surface area contributed by atoms with E-state index in [-0.39, 0.29) is 11.8 Å². The summed E-state index contributed by atoms with van der Waals surface area (Å²) in [6.07, 6.45) is 1.63. The first kappa shape index (κ1) is 22.7. The van der Waals surface area contributed by atoms with Crippen LogP contribution in [0, 0.1) is 0 Å². The van der Waals surface area contributed by atoms with Gasteiger partial charge in [0.2, 0.25) is 11.8 Å². The molecule has 0 radical (unpaired) electrons. The number of carbonyl (C=O) groups excluding carboxylic acids is 2. The molecule has 2 rings (SSSR count). The van der Waals surface area contributed by atoms with Crippen LogP contribution in [0.25, 0.3) is 0 Å². The highest BCUT2D eigenvalue weighted by atomic mass is 16.2. The molecule has 7 nitrogen and oxygen atoms in total. The largest absolute Gasteiger partial charge is 0.357 e. The predicted octanol–water partition coefficient (Wildman–Crippen LogP) is 2.07. The Labute approximate surface area is 174 Å². The molecule has 1 fully saturated rings. The van der Waals surface area contributed by atoms with Crippen molar-refractivity contribution in [3.8, 4) is 0 Å². The minimum Gasteiger partial charge on any atom is -0.357 e. The first-order valence-corrected chi connectivity index (χ1v) is 10.6. The Kier molecular flexibility index (Phi) is 8.96. The molecular formula is C22H35N5O2. The number of rotatable bonds is 9. The highest BCUT2D eigenvalue weighted by molar-refractivity contribution is 5.86. The van der Waals surface area contributed by atoms with Crippen molar-refractivity contribution in [1.82, 2.24) is 20.0 Å². The third kappa shape index (κ3) is 6.76. The summed E-state index contributed by atoms with van der Waals surface area (Å²) in [5, 5.41) is 3.26. The quantitative estimate of drug-likeness (QED) is 0.508. The average Bonchev–Trinajstić information content (AvgIpc) is 3.11. The van der Waals surface area contributed by atoms with Crippen molar-refractivity contribution in [3.05, 3.63) is 35.4 Å². The van der Waals surface area contributed by atoms with Gasteiger partial charge in [-0.1, -0.05) is 24.3 Å². The zero-order chi connectivity index (χ0) is 21.2. The number of amides is 2. The van der Waals surface area contributed by atoms with Gasteiger partial charge in [0.05, 0.1) is 13.1 Å². The molecule has 1 aromatic rings. The maximum absolute atomic E-state index is 12.4. The highest BCUT2D eigenvalue weighted by Crippen LogP contribution is 2.15. The van der Waals surface area contributed by atoms with Gasteiger partial charge in [0.15, 0.2) is 5.96 Å². The monoisotopic (exact) mass is 401 g/mol. The van der Waals surface area contributed by atoms with E-state index in [2.05, 4.69) is 34.6 Å². The number of hydrogen-bond acceptors (Lipinski definition) is 3. The summed E-state index contributed by atoms with van der Waals surface area (Å²) in [5.74, 6) is 1.07. The Balaban J connectivity index is 1.96. The highest BCUT2D eigenvalue weighted by Gasteiger charge is 2.19. The van der Waals surface area contributed by atoms with Crippen LogP contribution in [0.2, 0.25) is 0 Å². The number of guanidine groups is 1. The van der Waals surface area contributed by atoms with Crippen LogP contribution in [-0.4, -0.2) is 72.2 Å². The predicted molar refractivity (Wildman–Crippen MR) is 116 cm³/mol. The fraction of sp³-hybridized carbons (Fsp3) is 0.591. The van der Waals surface area contributed by atoms with E-state index in [1.807, 2.05) is 42.5 Å². The third-order valence-corrected chi connectivity index (χ3v) is 5.16. The number of hydrogen-bond donors (Lipinski definition) is 1. The van der Waals surface area contributed by atoms with Crippen molar-refractivity contribution in [1.29, 1.82) is 0 Å². The third-order valence-electron chi connectivity index (χ3n) is 5.16. The first-order valence-electron chi connectivity index (χ1n) is 10.6. The van der Waals surface area contributed by atoms with E-state index in [1.54, 1.807) is 0 Å². The molecule has 1 heterocycles. The van der Waals surface area contributed by atoms with Gasteiger partial charge in [-0.2, -0.15) is 0 Å². The van der Waals surface area contributed by atoms with Crippen LogP contribution in [0.5, 0.6) is 0 Å². The normalized spacial score (nSPS) is 14.3. The SMILES string of the molecule is CCNC(=NCc1ccc(CN2CCCC2=O)cc1)N(C)CC(=O)N(CC)CC. The lowest BCUT2D eigenvalue weighted by molar-refractivity contribution is -0.131. The molecule has 2 amide bonds. The average molecular weight is 402 g/mol. The molecule has 160 valence electrons. The van der Waals surface area contributed by atoms with E-state index in [4.69, 9.17) is 0 Å². The Bertz CT molecular complexity index is 698.